The van der Waals surface area contributed by atoms with Gasteiger partial charge in [0.15, 0.2) is 0 Å². The summed E-state index contributed by atoms with van der Waals surface area (Å²) in [5.41, 5.74) is 23.6. The molecular weight excluding hydrogens is 665 g/mol. The summed E-state index contributed by atoms with van der Waals surface area (Å²) in [5, 5.41) is 0. The van der Waals surface area contributed by atoms with Crippen molar-refractivity contribution < 1.29 is 0 Å². The Morgan fingerprint density at radius 1 is 0.463 bits per heavy atom. The predicted molar refractivity (Wildman–Crippen MR) is 222 cm³/mol. The maximum atomic E-state index is 5.42. The molecule has 0 radical (unpaired) electrons. The number of rotatable bonds is 4. The van der Waals surface area contributed by atoms with Crippen LogP contribution in [0.1, 0.15) is 99.4 Å². The number of nitrogens with zero attached hydrogens (tertiary/aromatic N) is 6. The van der Waals surface area contributed by atoms with E-state index in [1.807, 2.05) is 48.5 Å². The van der Waals surface area contributed by atoms with Crippen LogP contribution in [0.2, 0.25) is 0 Å². The quantitative estimate of drug-likeness (QED) is 0.190. The van der Waals surface area contributed by atoms with Crippen LogP contribution in [-0.4, -0.2) is 41.3 Å². The molecule has 0 fully saturated rings. The lowest BCUT2D eigenvalue weighted by Crippen LogP contribution is -2.10. The van der Waals surface area contributed by atoms with Gasteiger partial charge in [-0.25, -0.2) is 29.9 Å². The lowest BCUT2D eigenvalue weighted by Gasteiger charge is -2.12. The summed E-state index contributed by atoms with van der Waals surface area (Å²) in [4.78, 5) is 39.8. The first-order chi connectivity index (χ1) is 26.2. The number of aromatic amines is 2. The normalized spacial score (nSPS) is 15.3. The third-order valence-corrected chi connectivity index (χ3v) is 11.6. The summed E-state index contributed by atoms with van der Waals surface area (Å²) in [6, 6.07) is 16.2. The number of allylic oxidation sites excluding steroid dienone is 4. The van der Waals surface area contributed by atoms with Crippen LogP contribution in [0.4, 0.5) is 0 Å². The van der Waals surface area contributed by atoms with Crippen molar-refractivity contribution in [1.82, 2.24) is 29.9 Å². The van der Waals surface area contributed by atoms with Crippen molar-refractivity contribution in [3.63, 3.8) is 0 Å². The SMILES string of the molecule is CCC1=C(C)C2=NC1=Cc1[nH]c(c(CC)c1C)-c1nc3ccccc3nc1C1=NC(=Cc3[nH]c(c(C)c3CC)-c3nc4ccccc4nc32)C(C)=C1CC. The molecular formula is C46H44N8. The minimum Gasteiger partial charge on any atom is -0.353 e. The van der Waals surface area contributed by atoms with E-state index < -0.39 is 0 Å². The highest BCUT2D eigenvalue weighted by Crippen LogP contribution is 2.41. The molecule has 0 unspecified atom stereocenters. The molecule has 8 heteroatoms. The van der Waals surface area contributed by atoms with Gasteiger partial charge in [0, 0.05) is 11.4 Å². The Morgan fingerprint density at radius 2 is 0.963 bits per heavy atom. The molecule has 0 atom stereocenters. The van der Waals surface area contributed by atoms with E-state index in [-0.39, 0.29) is 0 Å². The fraction of sp³-hybridized carbons (Fsp3) is 0.261. The monoisotopic (exact) mass is 708 g/mol. The first kappa shape index (κ1) is 33.8. The zero-order chi connectivity index (χ0) is 37.4. The molecule has 8 bridgehead atoms. The van der Waals surface area contributed by atoms with Crippen molar-refractivity contribution in [1.29, 1.82) is 0 Å². The summed E-state index contributed by atoms with van der Waals surface area (Å²) in [6.07, 6.45) is 7.74. The highest BCUT2D eigenvalue weighted by Gasteiger charge is 2.31. The number of aromatic nitrogens is 6. The fourth-order valence-electron chi connectivity index (χ4n) is 8.64. The molecule has 0 spiro atoms. The molecule has 0 aliphatic carbocycles. The van der Waals surface area contributed by atoms with Crippen LogP contribution in [0.25, 0.3) is 57.0 Å². The van der Waals surface area contributed by atoms with Crippen molar-refractivity contribution in [2.75, 3.05) is 0 Å². The Kier molecular flexibility index (Phi) is 8.03. The molecule has 3 aliphatic heterocycles. The Hall–Kier alpha value is -6.02. The predicted octanol–water partition coefficient (Wildman–Crippen LogP) is 10.8. The standard InChI is InChI=1S/C46H44N8/c1-9-27-25(7)39-43-44(48-32-18-14-13-17-31(32)47-43)40-26(8)28(10-2)38(54-40)22-36-24(6)30(12-4)42(52-36)46-45(49-33-19-15-16-20-34(33)50-46)41-29(11-3)23(5)35(51-41)21-37(27)53-39/h13-22,51,54H,9-12H2,1-8H3. The van der Waals surface area contributed by atoms with Gasteiger partial charge in [0.25, 0.3) is 0 Å². The Morgan fingerprint density at radius 3 is 1.54 bits per heavy atom. The molecule has 4 aromatic heterocycles. The second-order valence-electron chi connectivity index (χ2n) is 14.5. The summed E-state index contributed by atoms with van der Waals surface area (Å²) < 4.78 is 0. The molecule has 2 aromatic carbocycles. The van der Waals surface area contributed by atoms with Crippen LogP contribution in [0, 0.1) is 13.8 Å². The molecule has 7 heterocycles. The molecule has 0 saturated carbocycles. The van der Waals surface area contributed by atoms with Gasteiger partial charge in [-0.2, -0.15) is 0 Å². The molecule has 0 saturated heterocycles. The highest BCUT2D eigenvalue weighted by atomic mass is 14.9. The Labute approximate surface area is 315 Å². The van der Waals surface area contributed by atoms with E-state index in [1.165, 1.54) is 27.8 Å². The first-order valence-corrected chi connectivity index (χ1v) is 19.2. The minimum absolute atomic E-state index is 0.785. The zero-order valence-corrected chi connectivity index (χ0v) is 32.3. The van der Waals surface area contributed by atoms with E-state index in [4.69, 9.17) is 29.9 Å². The maximum absolute atomic E-state index is 5.42. The smallest absolute Gasteiger partial charge is 0.118 e. The van der Waals surface area contributed by atoms with Crippen molar-refractivity contribution in [2.45, 2.75) is 81.1 Å². The minimum atomic E-state index is 0.785. The molecule has 54 heavy (non-hydrogen) atoms. The summed E-state index contributed by atoms with van der Waals surface area (Å²) in [5.74, 6) is 0. The number of fused-ring (bicyclic) bond motifs is 14. The fourth-order valence-corrected chi connectivity index (χ4v) is 8.64. The van der Waals surface area contributed by atoms with Gasteiger partial charge < -0.3 is 9.97 Å². The van der Waals surface area contributed by atoms with Crippen LogP contribution in [0.5, 0.6) is 0 Å². The van der Waals surface area contributed by atoms with Gasteiger partial charge in [-0.1, -0.05) is 52.0 Å². The van der Waals surface area contributed by atoms with Gasteiger partial charge in [-0.05, 0) is 134 Å². The second-order valence-corrected chi connectivity index (χ2v) is 14.5. The lowest BCUT2D eigenvalue weighted by molar-refractivity contribution is 1.10. The van der Waals surface area contributed by atoms with Gasteiger partial charge in [-0.15, -0.1) is 0 Å². The van der Waals surface area contributed by atoms with Gasteiger partial charge >= 0.3 is 0 Å². The van der Waals surface area contributed by atoms with E-state index >= 15 is 0 Å². The average molecular weight is 709 g/mol. The van der Waals surface area contributed by atoms with Gasteiger partial charge in [0.2, 0.25) is 0 Å². The van der Waals surface area contributed by atoms with Gasteiger partial charge in [0.05, 0.1) is 56.3 Å². The summed E-state index contributed by atoms with van der Waals surface area (Å²) in [7, 11) is 0. The largest absolute Gasteiger partial charge is 0.353 e. The van der Waals surface area contributed by atoms with E-state index in [0.717, 1.165) is 133 Å². The second kappa shape index (κ2) is 12.8. The maximum Gasteiger partial charge on any atom is 0.118 e. The van der Waals surface area contributed by atoms with E-state index in [0.29, 0.717) is 0 Å². The van der Waals surface area contributed by atoms with Gasteiger partial charge in [-0.3, -0.25) is 0 Å². The van der Waals surface area contributed by atoms with Crippen molar-refractivity contribution >= 4 is 45.6 Å². The van der Waals surface area contributed by atoms with E-state index in [9.17, 15) is 0 Å². The van der Waals surface area contributed by atoms with Crippen LogP contribution in [-0.2, 0) is 12.8 Å². The van der Waals surface area contributed by atoms with Crippen LogP contribution < -0.4 is 0 Å². The van der Waals surface area contributed by atoms with Crippen molar-refractivity contribution in [3.8, 4) is 22.8 Å². The molecule has 2 N–H and O–H groups in total. The van der Waals surface area contributed by atoms with Crippen LogP contribution >= 0.6 is 0 Å². The van der Waals surface area contributed by atoms with Crippen LogP contribution in [0.3, 0.4) is 0 Å². The third-order valence-electron chi connectivity index (χ3n) is 11.6. The molecule has 6 aromatic rings. The topological polar surface area (TPSA) is 108 Å². The number of aliphatic imine (C=N–C) groups is 2. The number of H-pyrrole nitrogens is 2. The Balaban J connectivity index is 1.42. The molecule has 268 valence electrons. The Bertz CT molecular complexity index is 2790. The highest BCUT2D eigenvalue weighted by molar-refractivity contribution is 6.19. The summed E-state index contributed by atoms with van der Waals surface area (Å²) >= 11 is 0. The summed E-state index contributed by atoms with van der Waals surface area (Å²) in [6.45, 7) is 17.6. The first-order valence-electron chi connectivity index (χ1n) is 19.2. The lowest BCUT2D eigenvalue weighted by atomic mass is 9.96. The average Bonchev–Trinajstić information content (AvgIpc) is 3.89. The third kappa shape index (κ3) is 5.03. The number of para-hydroxylation sites is 4. The van der Waals surface area contributed by atoms with Gasteiger partial charge in [0.1, 0.15) is 22.8 Å². The van der Waals surface area contributed by atoms with Crippen molar-refractivity contribution in [3.05, 3.63) is 127 Å². The molecule has 0 amide bonds. The van der Waals surface area contributed by atoms with E-state index in [2.05, 4.69) is 77.5 Å². The number of hydrogen-bond donors (Lipinski definition) is 2. The number of benzene rings is 2. The molecule has 9 rings (SSSR count). The van der Waals surface area contributed by atoms with Crippen LogP contribution in [0.15, 0.2) is 92.2 Å². The molecule has 3 aliphatic rings. The zero-order valence-electron chi connectivity index (χ0n) is 32.3. The molecule has 8 nitrogen and oxygen atoms in total. The number of hydrogen-bond acceptors (Lipinski definition) is 6. The van der Waals surface area contributed by atoms with Crippen molar-refractivity contribution in [2.24, 2.45) is 9.98 Å². The number of nitrogens with one attached hydrogen (secondary N) is 2. The van der Waals surface area contributed by atoms with E-state index in [1.54, 1.807) is 0 Å².